The third-order valence-corrected chi connectivity index (χ3v) is 4.57. The maximum Gasteiger partial charge on any atom is 0.220 e. The van der Waals surface area contributed by atoms with Gasteiger partial charge in [0.05, 0.1) is 24.0 Å². The van der Waals surface area contributed by atoms with E-state index in [1.165, 1.54) is 0 Å². The van der Waals surface area contributed by atoms with Crippen LogP contribution < -0.4 is 5.32 Å². The second-order valence-electron chi connectivity index (χ2n) is 6.32. The molecule has 122 valence electrons. The van der Waals surface area contributed by atoms with E-state index >= 15 is 0 Å². The van der Waals surface area contributed by atoms with Gasteiger partial charge in [0.1, 0.15) is 0 Å². The number of aliphatic hydroxyl groups is 1. The number of para-hydroxylation sites is 1. The predicted octanol–water partition coefficient (Wildman–Crippen LogP) is 2.23. The summed E-state index contributed by atoms with van der Waals surface area (Å²) >= 11 is 0. The lowest BCUT2D eigenvalue weighted by atomic mass is 9.98. The molecule has 0 saturated heterocycles. The monoisotopic (exact) mass is 313 g/mol. The third kappa shape index (κ3) is 3.79. The second kappa shape index (κ2) is 6.96. The zero-order valence-corrected chi connectivity index (χ0v) is 13.2. The maximum atomic E-state index is 12.2. The van der Waals surface area contributed by atoms with Gasteiger partial charge in [0, 0.05) is 12.6 Å². The number of aliphatic hydroxyl groups excluding tert-OH is 1. The highest BCUT2D eigenvalue weighted by Gasteiger charge is 2.34. The molecule has 2 aromatic rings. The predicted molar refractivity (Wildman–Crippen MR) is 88.3 cm³/mol. The topological polar surface area (TPSA) is 67.2 Å². The van der Waals surface area contributed by atoms with E-state index in [-0.39, 0.29) is 18.1 Å². The Hall–Kier alpha value is -2.14. The summed E-state index contributed by atoms with van der Waals surface area (Å²) in [5, 5.41) is 16.9. The lowest BCUT2D eigenvalue weighted by molar-refractivity contribution is -0.123. The van der Waals surface area contributed by atoms with E-state index in [2.05, 4.69) is 10.4 Å². The smallest absolute Gasteiger partial charge is 0.220 e. The summed E-state index contributed by atoms with van der Waals surface area (Å²) in [5.41, 5.74) is 1.66. The van der Waals surface area contributed by atoms with Crippen LogP contribution in [-0.2, 0) is 11.2 Å². The van der Waals surface area contributed by atoms with Gasteiger partial charge in [0.2, 0.25) is 5.91 Å². The van der Waals surface area contributed by atoms with Crippen molar-refractivity contribution in [3.8, 4) is 5.69 Å². The van der Waals surface area contributed by atoms with E-state index in [9.17, 15) is 9.90 Å². The Balaban J connectivity index is 1.54. The van der Waals surface area contributed by atoms with E-state index in [1.54, 1.807) is 6.20 Å². The summed E-state index contributed by atoms with van der Waals surface area (Å²) in [7, 11) is 0. The Morgan fingerprint density at radius 2 is 2.00 bits per heavy atom. The molecule has 1 heterocycles. The van der Waals surface area contributed by atoms with Crippen LogP contribution in [0.4, 0.5) is 0 Å². The van der Waals surface area contributed by atoms with Gasteiger partial charge in [-0.25, -0.2) is 4.68 Å². The second-order valence-corrected chi connectivity index (χ2v) is 6.32. The van der Waals surface area contributed by atoms with Crippen molar-refractivity contribution in [3.05, 3.63) is 48.3 Å². The molecule has 1 aliphatic carbocycles. The zero-order valence-electron chi connectivity index (χ0n) is 13.2. The summed E-state index contributed by atoms with van der Waals surface area (Å²) in [6.07, 6.45) is 8.73. The summed E-state index contributed by atoms with van der Waals surface area (Å²) < 4.78 is 1.82. The largest absolute Gasteiger partial charge is 0.394 e. The van der Waals surface area contributed by atoms with Crippen LogP contribution in [0.15, 0.2) is 42.7 Å². The summed E-state index contributed by atoms with van der Waals surface area (Å²) in [5.74, 6) is 0.00779. The Morgan fingerprint density at radius 1 is 1.26 bits per heavy atom. The first kappa shape index (κ1) is 15.7. The van der Waals surface area contributed by atoms with Gasteiger partial charge >= 0.3 is 0 Å². The van der Waals surface area contributed by atoms with Gasteiger partial charge in [0.15, 0.2) is 0 Å². The number of benzene rings is 1. The highest BCUT2D eigenvalue weighted by atomic mass is 16.3. The van der Waals surface area contributed by atoms with E-state index < -0.39 is 0 Å². The zero-order chi connectivity index (χ0) is 16.1. The molecule has 1 saturated carbocycles. The minimum absolute atomic E-state index is 0.00779. The van der Waals surface area contributed by atoms with Gasteiger partial charge in [-0.05, 0) is 37.0 Å². The molecule has 1 fully saturated rings. The fourth-order valence-corrected chi connectivity index (χ4v) is 3.20. The van der Waals surface area contributed by atoms with Gasteiger partial charge in [0.25, 0.3) is 0 Å². The summed E-state index contributed by atoms with van der Waals surface area (Å²) in [6.45, 7) is 0.0324. The fraction of sp³-hybridized carbons (Fsp3) is 0.444. The minimum Gasteiger partial charge on any atom is -0.394 e. The molecule has 5 heteroatoms. The molecule has 2 N–H and O–H groups in total. The maximum absolute atomic E-state index is 12.2. The van der Waals surface area contributed by atoms with Crippen molar-refractivity contribution in [2.75, 3.05) is 6.61 Å². The van der Waals surface area contributed by atoms with Gasteiger partial charge in [-0.1, -0.05) is 31.0 Å². The van der Waals surface area contributed by atoms with Crippen molar-refractivity contribution in [2.24, 2.45) is 0 Å². The molecule has 1 aromatic heterocycles. The fourth-order valence-electron chi connectivity index (χ4n) is 3.20. The Bertz CT molecular complexity index is 645. The number of hydrogen-bond donors (Lipinski definition) is 2. The van der Waals surface area contributed by atoms with Crippen molar-refractivity contribution < 1.29 is 9.90 Å². The molecule has 0 unspecified atom stereocenters. The van der Waals surface area contributed by atoms with Crippen LogP contribution in [-0.4, -0.2) is 32.9 Å². The highest BCUT2D eigenvalue weighted by molar-refractivity contribution is 5.77. The van der Waals surface area contributed by atoms with Crippen molar-refractivity contribution in [3.63, 3.8) is 0 Å². The van der Waals surface area contributed by atoms with Crippen LogP contribution in [0.1, 0.15) is 37.7 Å². The van der Waals surface area contributed by atoms with E-state index in [4.69, 9.17) is 0 Å². The first-order valence-electron chi connectivity index (χ1n) is 8.22. The first-order valence-corrected chi connectivity index (χ1v) is 8.22. The number of nitrogens with zero attached hydrogens (tertiary/aromatic N) is 2. The van der Waals surface area contributed by atoms with Crippen LogP contribution in [0, 0.1) is 0 Å². The quantitative estimate of drug-likeness (QED) is 0.859. The third-order valence-electron chi connectivity index (χ3n) is 4.57. The molecular formula is C18H23N3O2. The van der Waals surface area contributed by atoms with Crippen molar-refractivity contribution >= 4 is 5.91 Å². The Morgan fingerprint density at radius 3 is 2.70 bits per heavy atom. The average Bonchev–Trinajstić information content (AvgIpc) is 3.24. The molecule has 1 aliphatic rings. The van der Waals surface area contributed by atoms with Crippen LogP contribution >= 0.6 is 0 Å². The minimum atomic E-state index is -0.384. The molecule has 5 nitrogen and oxygen atoms in total. The first-order chi connectivity index (χ1) is 11.2. The number of rotatable bonds is 6. The standard InChI is InChI=1S/C18H23N3O2/c22-14-18(10-4-5-11-18)20-17(23)9-8-15-12-19-21(13-15)16-6-2-1-3-7-16/h1-3,6-7,12-13,22H,4-5,8-11,14H2,(H,20,23). The Labute approximate surface area is 136 Å². The molecular weight excluding hydrogens is 290 g/mol. The lowest BCUT2D eigenvalue weighted by Crippen LogP contribution is -2.49. The van der Waals surface area contributed by atoms with E-state index in [0.29, 0.717) is 12.8 Å². The number of aryl methyl sites for hydroxylation is 1. The molecule has 1 amide bonds. The summed E-state index contributed by atoms with van der Waals surface area (Å²) in [6, 6.07) is 9.90. The average molecular weight is 313 g/mol. The Kier molecular flexibility index (Phi) is 4.76. The molecule has 0 bridgehead atoms. The highest BCUT2D eigenvalue weighted by Crippen LogP contribution is 2.29. The summed E-state index contributed by atoms with van der Waals surface area (Å²) in [4.78, 5) is 12.2. The van der Waals surface area contributed by atoms with Crippen LogP contribution in [0.2, 0.25) is 0 Å². The van der Waals surface area contributed by atoms with E-state index in [1.807, 2.05) is 41.2 Å². The van der Waals surface area contributed by atoms with Crippen LogP contribution in [0.25, 0.3) is 5.69 Å². The number of carbonyl (C=O) groups is 1. The SMILES string of the molecule is O=C(CCc1cnn(-c2ccccc2)c1)NC1(CO)CCCC1. The molecule has 3 rings (SSSR count). The molecule has 23 heavy (non-hydrogen) atoms. The van der Waals surface area contributed by atoms with Crippen molar-refractivity contribution in [2.45, 2.75) is 44.1 Å². The molecule has 1 aromatic carbocycles. The van der Waals surface area contributed by atoms with Gasteiger partial charge < -0.3 is 10.4 Å². The number of aromatic nitrogens is 2. The van der Waals surface area contributed by atoms with Crippen molar-refractivity contribution in [1.82, 2.24) is 15.1 Å². The molecule has 0 atom stereocenters. The number of nitrogens with one attached hydrogen (secondary N) is 1. The molecule has 0 radical (unpaired) electrons. The normalized spacial score (nSPS) is 16.4. The van der Waals surface area contributed by atoms with Gasteiger partial charge in [-0.3, -0.25) is 4.79 Å². The van der Waals surface area contributed by atoms with Crippen LogP contribution in [0.3, 0.4) is 0 Å². The van der Waals surface area contributed by atoms with Crippen molar-refractivity contribution in [1.29, 1.82) is 0 Å². The number of amides is 1. The number of hydrogen-bond acceptors (Lipinski definition) is 3. The van der Waals surface area contributed by atoms with Gasteiger partial charge in [-0.15, -0.1) is 0 Å². The molecule has 0 spiro atoms. The number of carbonyl (C=O) groups excluding carboxylic acids is 1. The van der Waals surface area contributed by atoms with Crippen LogP contribution in [0.5, 0.6) is 0 Å². The van der Waals surface area contributed by atoms with E-state index in [0.717, 1.165) is 36.9 Å². The lowest BCUT2D eigenvalue weighted by Gasteiger charge is -2.27. The van der Waals surface area contributed by atoms with Gasteiger partial charge in [-0.2, -0.15) is 5.10 Å². The molecule has 0 aliphatic heterocycles.